The van der Waals surface area contributed by atoms with Crippen LogP contribution < -0.4 is 15.2 Å². The second-order valence-electron chi connectivity index (χ2n) is 3.57. The molecule has 1 atom stereocenters. The summed E-state index contributed by atoms with van der Waals surface area (Å²) in [5.41, 5.74) is 6.89. The molecule has 2 N–H and O–H groups in total. The van der Waals surface area contributed by atoms with Crippen LogP contribution >= 0.6 is 0 Å². The monoisotopic (exact) mass is 221 g/mol. The molecule has 3 heteroatoms. The lowest BCUT2D eigenvalue weighted by atomic mass is 9.95. The van der Waals surface area contributed by atoms with E-state index in [0.717, 1.165) is 23.5 Å². The summed E-state index contributed by atoms with van der Waals surface area (Å²) >= 11 is 0. The Labute approximate surface area is 96.9 Å². The Morgan fingerprint density at radius 2 is 2.00 bits per heavy atom. The molecule has 0 aliphatic rings. The Morgan fingerprint density at radius 1 is 1.31 bits per heavy atom. The van der Waals surface area contributed by atoms with Gasteiger partial charge in [-0.1, -0.05) is 12.1 Å². The molecule has 1 aromatic rings. The topological polar surface area (TPSA) is 44.5 Å². The van der Waals surface area contributed by atoms with Crippen molar-refractivity contribution in [2.45, 2.75) is 12.3 Å². The highest BCUT2D eigenvalue weighted by atomic mass is 16.5. The van der Waals surface area contributed by atoms with Crippen molar-refractivity contribution < 1.29 is 9.47 Å². The molecule has 0 fully saturated rings. The quantitative estimate of drug-likeness (QED) is 0.750. The maximum atomic E-state index is 5.73. The Morgan fingerprint density at radius 3 is 2.50 bits per heavy atom. The standard InChI is InChI=1S/C13H19NO2/c1-4-5-11(9-14)10-6-7-12(15-2)13(8-10)16-3/h4,6-8,11H,1,5,9,14H2,2-3H3. The van der Waals surface area contributed by atoms with Gasteiger partial charge < -0.3 is 15.2 Å². The van der Waals surface area contributed by atoms with Gasteiger partial charge in [-0.2, -0.15) is 0 Å². The Balaban J connectivity index is 3.00. The highest BCUT2D eigenvalue weighted by molar-refractivity contribution is 5.44. The molecular formula is C13H19NO2. The van der Waals surface area contributed by atoms with Crippen LogP contribution in [-0.4, -0.2) is 20.8 Å². The predicted molar refractivity (Wildman–Crippen MR) is 66.2 cm³/mol. The average molecular weight is 221 g/mol. The van der Waals surface area contributed by atoms with E-state index in [1.165, 1.54) is 0 Å². The van der Waals surface area contributed by atoms with Crippen LogP contribution in [0, 0.1) is 0 Å². The maximum Gasteiger partial charge on any atom is 0.160 e. The SMILES string of the molecule is C=CCC(CN)c1ccc(OC)c(OC)c1. The number of methoxy groups -OCH3 is 2. The summed E-state index contributed by atoms with van der Waals surface area (Å²) in [6.45, 7) is 4.34. The fourth-order valence-electron chi connectivity index (χ4n) is 1.68. The van der Waals surface area contributed by atoms with Gasteiger partial charge in [-0.25, -0.2) is 0 Å². The summed E-state index contributed by atoms with van der Waals surface area (Å²) in [6.07, 6.45) is 2.75. The molecule has 0 saturated heterocycles. The third-order valence-corrected chi connectivity index (χ3v) is 2.61. The number of allylic oxidation sites excluding steroid dienone is 1. The van der Waals surface area contributed by atoms with Gasteiger partial charge in [-0.3, -0.25) is 0 Å². The van der Waals surface area contributed by atoms with Crippen molar-refractivity contribution in [1.82, 2.24) is 0 Å². The molecule has 3 nitrogen and oxygen atoms in total. The van der Waals surface area contributed by atoms with Crippen molar-refractivity contribution in [2.75, 3.05) is 20.8 Å². The average Bonchev–Trinajstić information content (AvgIpc) is 2.35. The van der Waals surface area contributed by atoms with Crippen LogP contribution in [0.5, 0.6) is 11.5 Å². The summed E-state index contributed by atoms with van der Waals surface area (Å²) < 4.78 is 10.4. The number of hydrogen-bond acceptors (Lipinski definition) is 3. The Hall–Kier alpha value is -1.48. The number of benzene rings is 1. The number of ether oxygens (including phenoxy) is 2. The van der Waals surface area contributed by atoms with E-state index in [-0.39, 0.29) is 5.92 Å². The lowest BCUT2D eigenvalue weighted by Crippen LogP contribution is -2.11. The van der Waals surface area contributed by atoms with Crippen molar-refractivity contribution in [3.63, 3.8) is 0 Å². The fraction of sp³-hybridized carbons (Fsp3) is 0.385. The van der Waals surface area contributed by atoms with Crippen LogP contribution in [0.3, 0.4) is 0 Å². The molecule has 0 radical (unpaired) electrons. The summed E-state index contributed by atoms with van der Waals surface area (Å²) in [5.74, 6) is 1.76. The first-order valence-corrected chi connectivity index (χ1v) is 5.29. The van der Waals surface area contributed by atoms with E-state index < -0.39 is 0 Å². The zero-order valence-corrected chi connectivity index (χ0v) is 9.90. The van der Waals surface area contributed by atoms with Crippen molar-refractivity contribution >= 4 is 0 Å². The molecule has 1 rings (SSSR count). The van der Waals surface area contributed by atoms with Gasteiger partial charge in [-0.05, 0) is 36.6 Å². The lowest BCUT2D eigenvalue weighted by molar-refractivity contribution is 0.354. The zero-order valence-electron chi connectivity index (χ0n) is 9.90. The van der Waals surface area contributed by atoms with Crippen LogP contribution in [0.4, 0.5) is 0 Å². The summed E-state index contributed by atoms with van der Waals surface area (Å²) in [5, 5.41) is 0. The number of hydrogen-bond donors (Lipinski definition) is 1. The molecule has 0 aromatic heterocycles. The molecule has 1 aromatic carbocycles. The molecular weight excluding hydrogens is 202 g/mol. The summed E-state index contributed by atoms with van der Waals surface area (Å²) in [6, 6.07) is 5.89. The second kappa shape index (κ2) is 6.18. The minimum absolute atomic E-state index is 0.289. The first-order valence-electron chi connectivity index (χ1n) is 5.29. The van der Waals surface area contributed by atoms with Crippen LogP contribution in [-0.2, 0) is 0 Å². The number of nitrogens with two attached hydrogens (primary N) is 1. The third-order valence-electron chi connectivity index (χ3n) is 2.61. The first-order chi connectivity index (χ1) is 7.76. The molecule has 0 bridgehead atoms. The van der Waals surface area contributed by atoms with Gasteiger partial charge in [0.05, 0.1) is 14.2 Å². The number of rotatable bonds is 6. The Kier molecular flexibility index (Phi) is 4.86. The second-order valence-corrected chi connectivity index (χ2v) is 3.57. The molecule has 0 heterocycles. The van der Waals surface area contributed by atoms with E-state index in [1.807, 2.05) is 24.3 Å². The van der Waals surface area contributed by atoms with Gasteiger partial charge in [0.15, 0.2) is 11.5 Å². The minimum atomic E-state index is 0.289. The van der Waals surface area contributed by atoms with E-state index in [2.05, 4.69) is 6.58 Å². The summed E-state index contributed by atoms with van der Waals surface area (Å²) in [7, 11) is 3.26. The zero-order chi connectivity index (χ0) is 12.0. The van der Waals surface area contributed by atoms with Crippen LogP contribution in [0.1, 0.15) is 17.9 Å². The maximum absolute atomic E-state index is 5.73. The van der Waals surface area contributed by atoms with Crippen molar-refractivity contribution in [3.05, 3.63) is 36.4 Å². The highest BCUT2D eigenvalue weighted by Gasteiger charge is 2.11. The molecule has 16 heavy (non-hydrogen) atoms. The molecule has 0 spiro atoms. The van der Waals surface area contributed by atoms with E-state index in [1.54, 1.807) is 14.2 Å². The van der Waals surface area contributed by atoms with Gasteiger partial charge in [0, 0.05) is 0 Å². The van der Waals surface area contributed by atoms with E-state index >= 15 is 0 Å². The summed E-state index contributed by atoms with van der Waals surface area (Å²) in [4.78, 5) is 0. The van der Waals surface area contributed by atoms with Crippen molar-refractivity contribution in [3.8, 4) is 11.5 Å². The van der Waals surface area contributed by atoms with Gasteiger partial charge in [0.1, 0.15) is 0 Å². The van der Waals surface area contributed by atoms with Gasteiger partial charge >= 0.3 is 0 Å². The van der Waals surface area contributed by atoms with Gasteiger partial charge in [0.25, 0.3) is 0 Å². The molecule has 88 valence electrons. The van der Waals surface area contributed by atoms with Gasteiger partial charge in [0.2, 0.25) is 0 Å². The first kappa shape index (κ1) is 12.6. The molecule has 0 aliphatic heterocycles. The van der Waals surface area contributed by atoms with Gasteiger partial charge in [-0.15, -0.1) is 6.58 Å². The highest BCUT2D eigenvalue weighted by Crippen LogP contribution is 2.31. The van der Waals surface area contributed by atoms with Crippen molar-refractivity contribution in [1.29, 1.82) is 0 Å². The van der Waals surface area contributed by atoms with E-state index in [0.29, 0.717) is 6.54 Å². The molecule has 0 amide bonds. The van der Waals surface area contributed by atoms with E-state index in [9.17, 15) is 0 Å². The Bertz CT molecular complexity index is 350. The largest absolute Gasteiger partial charge is 0.493 e. The normalized spacial score (nSPS) is 11.9. The predicted octanol–water partition coefficient (Wildman–Crippen LogP) is 2.32. The van der Waals surface area contributed by atoms with Crippen LogP contribution in [0.25, 0.3) is 0 Å². The lowest BCUT2D eigenvalue weighted by Gasteiger charge is -2.15. The third kappa shape index (κ3) is 2.76. The minimum Gasteiger partial charge on any atom is -0.493 e. The fourth-order valence-corrected chi connectivity index (χ4v) is 1.68. The van der Waals surface area contributed by atoms with Crippen LogP contribution in [0.15, 0.2) is 30.9 Å². The molecule has 0 aliphatic carbocycles. The van der Waals surface area contributed by atoms with Crippen molar-refractivity contribution in [2.24, 2.45) is 5.73 Å². The molecule has 1 unspecified atom stereocenters. The molecule has 0 saturated carbocycles. The van der Waals surface area contributed by atoms with Crippen LogP contribution in [0.2, 0.25) is 0 Å². The smallest absolute Gasteiger partial charge is 0.160 e. The van der Waals surface area contributed by atoms with E-state index in [4.69, 9.17) is 15.2 Å².